The number of aryl methyl sites for hydroxylation is 1. The predicted molar refractivity (Wildman–Crippen MR) is 114 cm³/mol. The average Bonchev–Trinajstić information content (AvgIpc) is 2.74. The maximum Gasteiger partial charge on any atom is 0.243 e. The lowest BCUT2D eigenvalue weighted by Crippen LogP contribution is -2.39. The molecule has 0 radical (unpaired) electrons. The van der Waals surface area contributed by atoms with Gasteiger partial charge in [-0.05, 0) is 61.7 Å². The second-order valence-corrected chi connectivity index (χ2v) is 9.46. The summed E-state index contributed by atoms with van der Waals surface area (Å²) in [5.41, 5.74) is 8.75. The van der Waals surface area contributed by atoms with Gasteiger partial charge in [0.25, 0.3) is 0 Å². The molecule has 6 nitrogen and oxygen atoms in total. The van der Waals surface area contributed by atoms with E-state index >= 15 is 0 Å². The highest BCUT2D eigenvalue weighted by molar-refractivity contribution is 7.89. The molecule has 1 aliphatic heterocycles. The third-order valence-corrected chi connectivity index (χ3v) is 7.49. The van der Waals surface area contributed by atoms with E-state index in [1.807, 2.05) is 18.2 Å². The first-order valence-electron chi connectivity index (χ1n) is 9.79. The first-order chi connectivity index (χ1) is 14.3. The second-order valence-electron chi connectivity index (χ2n) is 7.56. The van der Waals surface area contributed by atoms with E-state index in [1.54, 1.807) is 25.4 Å². The van der Waals surface area contributed by atoms with Gasteiger partial charge in [-0.1, -0.05) is 6.07 Å². The van der Waals surface area contributed by atoms with E-state index in [2.05, 4.69) is 9.97 Å². The molecule has 3 heterocycles. The Morgan fingerprint density at radius 3 is 2.43 bits per heavy atom. The maximum absolute atomic E-state index is 13.4. The monoisotopic (exact) mass is 426 g/mol. The summed E-state index contributed by atoms with van der Waals surface area (Å²) in [5, 5.41) is 0. The largest absolute Gasteiger partial charge is 0.384 e. The number of anilines is 1. The Balaban J connectivity index is 1.54. The van der Waals surface area contributed by atoms with Crippen LogP contribution in [0.5, 0.6) is 0 Å². The molecule has 2 N–H and O–H groups in total. The van der Waals surface area contributed by atoms with Gasteiger partial charge in [0.1, 0.15) is 11.6 Å². The van der Waals surface area contributed by atoms with Gasteiger partial charge < -0.3 is 5.73 Å². The molecule has 0 spiro atoms. The zero-order valence-corrected chi connectivity index (χ0v) is 17.4. The molecule has 1 fully saturated rings. The summed E-state index contributed by atoms with van der Waals surface area (Å²) in [6.07, 6.45) is 5.09. The molecule has 1 aliphatic rings. The van der Waals surface area contributed by atoms with Crippen molar-refractivity contribution in [1.29, 1.82) is 0 Å². The fourth-order valence-electron chi connectivity index (χ4n) is 3.84. The molecule has 1 saturated heterocycles. The van der Waals surface area contributed by atoms with Crippen molar-refractivity contribution in [2.24, 2.45) is 0 Å². The van der Waals surface area contributed by atoms with Gasteiger partial charge >= 0.3 is 0 Å². The SMILES string of the molecule is Cc1cc(F)ccc1S(=O)(=O)N1CCCC(c2ccc(-c3ccc(N)nc3)cn2)C1. The summed E-state index contributed by atoms with van der Waals surface area (Å²) in [6.45, 7) is 2.42. The number of hydrogen-bond acceptors (Lipinski definition) is 5. The molecule has 0 bridgehead atoms. The van der Waals surface area contributed by atoms with Crippen LogP contribution < -0.4 is 5.73 Å². The molecule has 0 aliphatic carbocycles. The smallest absolute Gasteiger partial charge is 0.243 e. The summed E-state index contributed by atoms with van der Waals surface area (Å²) in [7, 11) is -3.69. The minimum absolute atomic E-state index is 0.00729. The quantitative estimate of drug-likeness (QED) is 0.686. The normalized spacial score (nSPS) is 17.7. The van der Waals surface area contributed by atoms with E-state index in [0.717, 1.165) is 29.7 Å². The Morgan fingerprint density at radius 2 is 1.80 bits per heavy atom. The van der Waals surface area contributed by atoms with Crippen molar-refractivity contribution >= 4 is 15.8 Å². The van der Waals surface area contributed by atoms with Crippen molar-refractivity contribution in [1.82, 2.24) is 14.3 Å². The molecule has 1 aromatic carbocycles. The third-order valence-electron chi connectivity index (χ3n) is 5.46. The number of nitrogen functional groups attached to an aromatic ring is 1. The number of nitrogens with two attached hydrogens (primary N) is 1. The minimum atomic E-state index is -3.69. The lowest BCUT2D eigenvalue weighted by atomic mass is 9.95. The molecule has 1 unspecified atom stereocenters. The standard InChI is InChI=1S/C22H23FN4O2S/c1-15-11-19(23)6-8-21(15)30(28,29)27-10-2-3-18(14-27)20-7-4-16(12-25-20)17-5-9-22(24)26-13-17/h4-9,11-13,18H,2-3,10,14H2,1H3,(H2,24,26). The first-order valence-corrected chi connectivity index (χ1v) is 11.2. The van der Waals surface area contributed by atoms with Crippen molar-refractivity contribution in [2.75, 3.05) is 18.8 Å². The van der Waals surface area contributed by atoms with Crippen molar-refractivity contribution in [3.8, 4) is 11.1 Å². The fraction of sp³-hybridized carbons (Fsp3) is 0.273. The topological polar surface area (TPSA) is 89.2 Å². The minimum Gasteiger partial charge on any atom is -0.384 e. The Labute approximate surface area is 175 Å². The van der Waals surface area contributed by atoms with Crippen molar-refractivity contribution in [2.45, 2.75) is 30.6 Å². The van der Waals surface area contributed by atoms with Crippen LogP contribution in [-0.4, -0.2) is 35.8 Å². The van der Waals surface area contributed by atoms with Crippen molar-refractivity contribution in [3.05, 3.63) is 71.9 Å². The Kier molecular flexibility index (Phi) is 5.53. The van der Waals surface area contributed by atoms with Gasteiger partial charge in [-0.25, -0.2) is 17.8 Å². The predicted octanol–water partition coefficient (Wildman–Crippen LogP) is 3.74. The highest BCUT2D eigenvalue weighted by atomic mass is 32.2. The van der Waals surface area contributed by atoms with Gasteiger partial charge in [-0.15, -0.1) is 0 Å². The molecule has 3 aromatic rings. The molecule has 4 rings (SSSR count). The summed E-state index contributed by atoms with van der Waals surface area (Å²) < 4.78 is 41.2. The maximum atomic E-state index is 13.4. The number of benzene rings is 1. The van der Waals surface area contributed by atoms with Crippen molar-refractivity contribution < 1.29 is 12.8 Å². The second kappa shape index (κ2) is 8.12. The van der Waals surface area contributed by atoms with Gasteiger partial charge in [0.2, 0.25) is 10.0 Å². The highest BCUT2D eigenvalue weighted by Crippen LogP contribution is 2.31. The molecule has 30 heavy (non-hydrogen) atoms. The molecule has 0 amide bonds. The summed E-state index contributed by atoms with van der Waals surface area (Å²) in [6, 6.07) is 11.3. The molecule has 156 valence electrons. The van der Waals surface area contributed by atoms with Crippen LogP contribution >= 0.6 is 0 Å². The number of rotatable bonds is 4. The van der Waals surface area contributed by atoms with E-state index in [-0.39, 0.29) is 10.8 Å². The summed E-state index contributed by atoms with van der Waals surface area (Å²) in [5.74, 6) is 0.0275. The van der Waals surface area contributed by atoms with Gasteiger partial charge in [-0.2, -0.15) is 4.31 Å². The number of piperidine rings is 1. The van der Waals surface area contributed by atoms with Crippen molar-refractivity contribution in [3.63, 3.8) is 0 Å². The zero-order chi connectivity index (χ0) is 21.3. The Morgan fingerprint density at radius 1 is 1.07 bits per heavy atom. The molecule has 0 saturated carbocycles. The van der Waals surface area contributed by atoms with Crippen LogP contribution in [0.25, 0.3) is 11.1 Å². The van der Waals surface area contributed by atoms with E-state index in [4.69, 9.17) is 5.73 Å². The average molecular weight is 427 g/mol. The number of halogens is 1. The van der Waals surface area contributed by atoms with Gasteiger partial charge in [0, 0.05) is 48.2 Å². The van der Waals surface area contributed by atoms with Gasteiger partial charge in [0.05, 0.1) is 4.90 Å². The molecule has 1 atom stereocenters. The highest BCUT2D eigenvalue weighted by Gasteiger charge is 2.32. The summed E-state index contributed by atoms with van der Waals surface area (Å²) >= 11 is 0. The Hall–Kier alpha value is -2.84. The van der Waals surface area contributed by atoms with Crippen LogP contribution in [0.2, 0.25) is 0 Å². The molecular formula is C22H23FN4O2S. The fourth-order valence-corrected chi connectivity index (χ4v) is 5.57. The molecule has 8 heteroatoms. The zero-order valence-electron chi connectivity index (χ0n) is 16.6. The van der Waals surface area contributed by atoms with E-state index < -0.39 is 15.8 Å². The molecule has 2 aromatic heterocycles. The molecular weight excluding hydrogens is 403 g/mol. The Bertz CT molecular complexity index is 1150. The third kappa shape index (κ3) is 4.06. The van der Waals surface area contributed by atoms with E-state index in [0.29, 0.717) is 24.5 Å². The van der Waals surface area contributed by atoms with Crippen LogP contribution in [0.3, 0.4) is 0 Å². The first kappa shape index (κ1) is 20.4. The lowest BCUT2D eigenvalue weighted by Gasteiger charge is -2.32. The van der Waals surface area contributed by atoms with Gasteiger partial charge in [-0.3, -0.25) is 4.98 Å². The number of sulfonamides is 1. The van der Waals surface area contributed by atoms with Crippen LogP contribution in [0.15, 0.2) is 59.8 Å². The van der Waals surface area contributed by atoms with Crippen LogP contribution in [0, 0.1) is 12.7 Å². The van der Waals surface area contributed by atoms with E-state index in [9.17, 15) is 12.8 Å². The van der Waals surface area contributed by atoms with Crippen LogP contribution in [0.1, 0.15) is 30.0 Å². The van der Waals surface area contributed by atoms with E-state index in [1.165, 1.54) is 22.5 Å². The summed E-state index contributed by atoms with van der Waals surface area (Å²) in [4.78, 5) is 8.84. The number of pyridine rings is 2. The van der Waals surface area contributed by atoms with Crippen LogP contribution in [0.4, 0.5) is 10.2 Å². The number of hydrogen-bond donors (Lipinski definition) is 1. The lowest BCUT2D eigenvalue weighted by molar-refractivity contribution is 0.312. The number of aromatic nitrogens is 2. The number of nitrogens with zero attached hydrogens (tertiary/aromatic N) is 3. The van der Waals surface area contributed by atoms with Gasteiger partial charge in [0.15, 0.2) is 0 Å². The van der Waals surface area contributed by atoms with Crippen LogP contribution in [-0.2, 0) is 10.0 Å².